The Morgan fingerprint density at radius 1 is 1.15 bits per heavy atom. The van der Waals surface area contributed by atoms with Crippen LogP contribution in [0.25, 0.3) is 0 Å². The summed E-state index contributed by atoms with van der Waals surface area (Å²) in [7, 11) is 5.88. The predicted octanol–water partition coefficient (Wildman–Crippen LogP) is 2.27. The van der Waals surface area contributed by atoms with Crippen molar-refractivity contribution >= 4 is 11.6 Å². The minimum Gasteiger partial charge on any atom is -0.378 e. The Bertz CT molecular complexity index is 428. The van der Waals surface area contributed by atoms with Crippen LogP contribution in [-0.2, 0) is 4.79 Å². The van der Waals surface area contributed by atoms with Gasteiger partial charge in [-0.1, -0.05) is 12.1 Å². The van der Waals surface area contributed by atoms with Gasteiger partial charge in [-0.3, -0.25) is 10.1 Å². The first-order valence-electron chi connectivity index (χ1n) is 7.15. The fraction of sp³-hybridized carbons (Fsp3) is 0.562. The molecule has 2 unspecified atom stereocenters. The molecular weight excluding hydrogens is 250 g/mol. The molecule has 0 aliphatic rings. The number of nitrogens with zero attached hydrogens (tertiary/aromatic N) is 2. The third-order valence-corrected chi connectivity index (χ3v) is 3.63. The van der Waals surface area contributed by atoms with Crippen LogP contribution in [0.15, 0.2) is 24.3 Å². The molecular formula is C16H27N3O. The van der Waals surface area contributed by atoms with Crippen LogP contribution in [0.4, 0.5) is 5.69 Å². The molecule has 0 radical (unpaired) electrons. The quantitative estimate of drug-likeness (QED) is 0.866. The molecule has 0 saturated carbocycles. The summed E-state index contributed by atoms with van der Waals surface area (Å²) in [6.45, 7) is 6.71. The summed E-state index contributed by atoms with van der Waals surface area (Å²) in [5, 5.41) is 3.35. The first-order valence-corrected chi connectivity index (χ1v) is 7.15. The number of carbonyl (C=O) groups excluding carboxylic acids is 1. The second kappa shape index (κ2) is 7.29. The van der Waals surface area contributed by atoms with Crippen LogP contribution in [-0.4, -0.2) is 44.5 Å². The van der Waals surface area contributed by atoms with Crippen molar-refractivity contribution in [3.63, 3.8) is 0 Å². The molecule has 4 nitrogen and oxygen atoms in total. The molecule has 0 aliphatic carbocycles. The van der Waals surface area contributed by atoms with Gasteiger partial charge in [-0.15, -0.1) is 0 Å². The lowest BCUT2D eigenvalue weighted by atomic mass is 10.1. The number of rotatable bonds is 6. The first-order chi connectivity index (χ1) is 9.36. The summed E-state index contributed by atoms with van der Waals surface area (Å²) in [4.78, 5) is 15.9. The fourth-order valence-corrected chi connectivity index (χ4v) is 2.09. The maximum Gasteiger partial charge on any atom is 0.239 e. The van der Waals surface area contributed by atoms with Crippen LogP contribution in [0.5, 0.6) is 0 Å². The van der Waals surface area contributed by atoms with Crippen LogP contribution in [0.1, 0.15) is 32.4 Å². The number of likely N-dealkylation sites (N-methyl/N-ethyl adjacent to an activating group) is 1. The van der Waals surface area contributed by atoms with Crippen molar-refractivity contribution in [1.29, 1.82) is 0 Å². The molecule has 1 aromatic carbocycles. The summed E-state index contributed by atoms with van der Waals surface area (Å²) in [5.74, 6) is 0.129. The molecule has 0 spiro atoms. The van der Waals surface area contributed by atoms with Crippen LogP contribution < -0.4 is 10.2 Å². The summed E-state index contributed by atoms with van der Waals surface area (Å²) in [5.41, 5.74) is 2.37. The third kappa shape index (κ3) is 4.23. The lowest BCUT2D eigenvalue weighted by Crippen LogP contribution is -2.43. The number of hydrogen-bond acceptors (Lipinski definition) is 3. The Balaban J connectivity index is 2.66. The molecule has 1 rings (SSSR count). The van der Waals surface area contributed by atoms with Crippen molar-refractivity contribution < 1.29 is 4.79 Å². The second-order valence-corrected chi connectivity index (χ2v) is 5.45. The molecule has 1 aromatic rings. The average Bonchev–Trinajstić information content (AvgIpc) is 2.45. The van der Waals surface area contributed by atoms with Gasteiger partial charge in [0.1, 0.15) is 0 Å². The highest BCUT2D eigenvalue weighted by Crippen LogP contribution is 2.18. The standard InChI is InChI=1S/C16H27N3O/c1-7-19(6)16(20)13(3)17-12(2)14-8-10-15(11-9-14)18(4)5/h8-13,17H,7H2,1-6H3. The lowest BCUT2D eigenvalue weighted by molar-refractivity contribution is -0.131. The Morgan fingerprint density at radius 3 is 2.15 bits per heavy atom. The van der Waals surface area contributed by atoms with Gasteiger partial charge in [0.25, 0.3) is 0 Å². The third-order valence-electron chi connectivity index (χ3n) is 3.63. The summed E-state index contributed by atoms with van der Waals surface area (Å²) >= 11 is 0. The van der Waals surface area contributed by atoms with Gasteiger partial charge < -0.3 is 9.80 Å². The van der Waals surface area contributed by atoms with Gasteiger partial charge in [-0.05, 0) is 38.5 Å². The average molecular weight is 277 g/mol. The maximum atomic E-state index is 12.0. The van der Waals surface area contributed by atoms with E-state index in [2.05, 4.69) is 41.4 Å². The molecule has 0 aromatic heterocycles. The van der Waals surface area contributed by atoms with Gasteiger partial charge in [0.05, 0.1) is 6.04 Å². The zero-order valence-electron chi connectivity index (χ0n) is 13.5. The number of benzene rings is 1. The number of hydrogen-bond donors (Lipinski definition) is 1. The SMILES string of the molecule is CCN(C)C(=O)C(C)NC(C)c1ccc(N(C)C)cc1. The molecule has 0 saturated heterocycles. The first kappa shape index (κ1) is 16.5. The number of nitrogens with one attached hydrogen (secondary N) is 1. The second-order valence-electron chi connectivity index (χ2n) is 5.45. The molecule has 0 fully saturated rings. The predicted molar refractivity (Wildman–Crippen MR) is 85.1 cm³/mol. The van der Waals surface area contributed by atoms with Crippen molar-refractivity contribution in [2.24, 2.45) is 0 Å². The Labute approximate surface area is 122 Å². The van der Waals surface area contributed by atoms with E-state index in [1.54, 1.807) is 4.90 Å². The van der Waals surface area contributed by atoms with Gasteiger partial charge in [0, 0.05) is 39.4 Å². The van der Waals surface area contributed by atoms with Gasteiger partial charge in [0.15, 0.2) is 0 Å². The van der Waals surface area contributed by atoms with Gasteiger partial charge in [-0.2, -0.15) is 0 Å². The molecule has 1 N–H and O–H groups in total. The molecule has 0 bridgehead atoms. The topological polar surface area (TPSA) is 35.6 Å². The van der Waals surface area contributed by atoms with Crippen molar-refractivity contribution in [2.75, 3.05) is 32.6 Å². The Morgan fingerprint density at radius 2 is 1.70 bits per heavy atom. The van der Waals surface area contributed by atoms with Gasteiger partial charge >= 0.3 is 0 Å². The lowest BCUT2D eigenvalue weighted by Gasteiger charge is -2.24. The van der Waals surface area contributed by atoms with E-state index in [9.17, 15) is 4.79 Å². The highest BCUT2D eigenvalue weighted by atomic mass is 16.2. The molecule has 4 heteroatoms. The highest BCUT2D eigenvalue weighted by molar-refractivity contribution is 5.81. The molecule has 20 heavy (non-hydrogen) atoms. The van der Waals surface area contributed by atoms with E-state index in [0.29, 0.717) is 0 Å². The van der Waals surface area contributed by atoms with E-state index in [1.807, 2.05) is 35.0 Å². The van der Waals surface area contributed by atoms with Crippen molar-refractivity contribution in [3.05, 3.63) is 29.8 Å². The molecule has 0 heterocycles. The fourth-order valence-electron chi connectivity index (χ4n) is 2.09. The molecule has 0 aliphatic heterocycles. The van der Waals surface area contributed by atoms with E-state index >= 15 is 0 Å². The van der Waals surface area contributed by atoms with Crippen molar-refractivity contribution in [1.82, 2.24) is 10.2 Å². The van der Waals surface area contributed by atoms with Crippen LogP contribution in [0, 0.1) is 0 Å². The molecule has 2 atom stereocenters. The van der Waals surface area contributed by atoms with E-state index < -0.39 is 0 Å². The number of anilines is 1. The van der Waals surface area contributed by atoms with E-state index in [-0.39, 0.29) is 18.0 Å². The number of amides is 1. The van der Waals surface area contributed by atoms with E-state index in [0.717, 1.165) is 6.54 Å². The van der Waals surface area contributed by atoms with Gasteiger partial charge in [0.2, 0.25) is 5.91 Å². The zero-order valence-corrected chi connectivity index (χ0v) is 13.5. The minimum absolute atomic E-state index is 0.129. The summed E-state index contributed by atoms with van der Waals surface area (Å²) in [6, 6.07) is 8.37. The number of carbonyl (C=O) groups is 1. The molecule has 112 valence electrons. The normalized spacial score (nSPS) is 13.7. The minimum atomic E-state index is -0.177. The van der Waals surface area contributed by atoms with Gasteiger partial charge in [-0.25, -0.2) is 0 Å². The van der Waals surface area contributed by atoms with Crippen LogP contribution in [0.3, 0.4) is 0 Å². The summed E-state index contributed by atoms with van der Waals surface area (Å²) < 4.78 is 0. The molecule has 1 amide bonds. The highest BCUT2D eigenvalue weighted by Gasteiger charge is 2.18. The van der Waals surface area contributed by atoms with Crippen LogP contribution in [0.2, 0.25) is 0 Å². The zero-order chi connectivity index (χ0) is 15.3. The van der Waals surface area contributed by atoms with Crippen molar-refractivity contribution in [2.45, 2.75) is 32.9 Å². The smallest absolute Gasteiger partial charge is 0.239 e. The maximum absolute atomic E-state index is 12.0. The summed E-state index contributed by atoms with van der Waals surface area (Å²) in [6.07, 6.45) is 0. The Kier molecular flexibility index (Phi) is 6.02. The monoisotopic (exact) mass is 277 g/mol. The van der Waals surface area contributed by atoms with Crippen LogP contribution >= 0.6 is 0 Å². The van der Waals surface area contributed by atoms with E-state index in [4.69, 9.17) is 0 Å². The van der Waals surface area contributed by atoms with E-state index in [1.165, 1.54) is 11.3 Å². The van der Waals surface area contributed by atoms with Crippen molar-refractivity contribution in [3.8, 4) is 0 Å². The Hall–Kier alpha value is -1.55. The largest absolute Gasteiger partial charge is 0.378 e.